The van der Waals surface area contributed by atoms with Gasteiger partial charge in [-0.1, -0.05) is 6.07 Å². The largest absolute Gasteiger partial charge is 0.504 e. The monoisotopic (exact) mass is 229 g/mol. The van der Waals surface area contributed by atoms with E-state index in [0.29, 0.717) is 0 Å². The molecule has 0 spiro atoms. The highest BCUT2D eigenvalue weighted by molar-refractivity contribution is 5.66. The highest BCUT2D eigenvalue weighted by atomic mass is 19.1. The molecule has 0 saturated heterocycles. The molecule has 1 aromatic rings. The van der Waals surface area contributed by atoms with Gasteiger partial charge in [0.25, 0.3) is 0 Å². The Bertz CT molecular complexity index is 398. The molecule has 16 heavy (non-hydrogen) atoms. The average molecular weight is 229 g/mol. The van der Waals surface area contributed by atoms with Crippen LogP contribution in [0.15, 0.2) is 18.2 Å². The number of carbonyl (C=O) groups is 1. The lowest BCUT2D eigenvalue weighted by Gasteiger charge is -2.24. The maximum absolute atomic E-state index is 13.8. The first-order chi connectivity index (χ1) is 7.44. The Balaban J connectivity index is 3.09. The molecule has 0 saturated carbocycles. The molecule has 0 heterocycles. The normalized spacial score (nSPS) is 16.4. The number of nitrogens with two attached hydrogens (primary N) is 1. The van der Waals surface area contributed by atoms with Gasteiger partial charge in [-0.25, -0.2) is 4.39 Å². The fourth-order valence-electron chi connectivity index (χ4n) is 1.19. The molecule has 0 aromatic heterocycles. The van der Waals surface area contributed by atoms with Gasteiger partial charge in [0.15, 0.2) is 17.7 Å². The van der Waals surface area contributed by atoms with Crippen LogP contribution in [0.4, 0.5) is 4.39 Å². The van der Waals surface area contributed by atoms with Crippen molar-refractivity contribution in [3.05, 3.63) is 23.8 Å². The molecule has 6 heteroatoms. The van der Waals surface area contributed by atoms with Crippen LogP contribution in [-0.4, -0.2) is 33.8 Å². The molecule has 0 aliphatic carbocycles. The zero-order chi connectivity index (χ0) is 12.3. The van der Waals surface area contributed by atoms with Crippen LogP contribution in [0.3, 0.4) is 0 Å². The van der Waals surface area contributed by atoms with Crippen molar-refractivity contribution in [3.8, 4) is 11.5 Å². The number of carbonyl (C=O) groups excluding carboxylic acids is 1. The van der Waals surface area contributed by atoms with Crippen molar-refractivity contribution in [1.82, 2.24) is 0 Å². The summed E-state index contributed by atoms with van der Waals surface area (Å²) in [6.07, 6.45) is -1.86. The summed E-state index contributed by atoms with van der Waals surface area (Å²) < 4.78 is 13.8. The molecular formula is C10H12FNO4. The average Bonchev–Trinajstić information content (AvgIpc) is 2.30. The van der Waals surface area contributed by atoms with Gasteiger partial charge >= 0.3 is 0 Å². The lowest BCUT2D eigenvalue weighted by atomic mass is 9.92. The van der Waals surface area contributed by atoms with E-state index in [-0.39, 0.29) is 11.8 Å². The van der Waals surface area contributed by atoms with Gasteiger partial charge in [0.2, 0.25) is 0 Å². The summed E-state index contributed by atoms with van der Waals surface area (Å²) in [5.74, 6) is -0.931. The SMILES string of the molecule is N[C@@](C=O)(CO)C(F)c1ccc(O)c(O)c1. The lowest BCUT2D eigenvalue weighted by molar-refractivity contribution is -0.116. The standard InChI is InChI=1S/C10H12FNO4/c11-9(10(12,4-13)5-14)6-1-2-7(15)8(16)3-6/h1-4,9,14-16H,5,12H2/t9?,10-/m0/s1. The quantitative estimate of drug-likeness (QED) is 0.429. The molecular weight excluding hydrogens is 217 g/mol. The molecule has 1 unspecified atom stereocenters. The summed E-state index contributed by atoms with van der Waals surface area (Å²) in [7, 11) is 0. The first-order valence-corrected chi connectivity index (χ1v) is 4.46. The summed E-state index contributed by atoms with van der Waals surface area (Å²) in [5.41, 5.74) is 3.17. The molecule has 0 bridgehead atoms. The lowest BCUT2D eigenvalue weighted by Crippen LogP contribution is -2.49. The van der Waals surface area contributed by atoms with E-state index in [1.165, 1.54) is 6.07 Å². The minimum Gasteiger partial charge on any atom is -0.504 e. The third-order valence-corrected chi connectivity index (χ3v) is 2.26. The summed E-state index contributed by atoms with van der Waals surface area (Å²) in [6.45, 7) is -0.862. The molecule has 0 amide bonds. The van der Waals surface area contributed by atoms with E-state index in [0.717, 1.165) is 12.1 Å². The molecule has 5 nitrogen and oxygen atoms in total. The molecule has 0 aliphatic heterocycles. The fraction of sp³-hybridized carbons (Fsp3) is 0.300. The van der Waals surface area contributed by atoms with E-state index < -0.39 is 29.8 Å². The van der Waals surface area contributed by atoms with Crippen LogP contribution in [0.25, 0.3) is 0 Å². The molecule has 1 rings (SSSR count). The number of hydrogen-bond donors (Lipinski definition) is 4. The summed E-state index contributed by atoms with van der Waals surface area (Å²) >= 11 is 0. The summed E-state index contributed by atoms with van der Waals surface area (Å²) in [6, 6.07) is 3.18. The van der Waals surface area contributed by atoms with Gasteiger partial charge in [0.05, 0.1) is 6.61 Å². The number of phenolic OH excluding ortho intramolecular Hbond substituents is 2. The van der Waals surface area contributed by atoms with E-state index in [1.54, 1.807) is 0 Å². The Kier molecular flexibility index (Phi) is 3.46. The number of halogens is 1. The van der Waals surface area contributed by atoms with Crippen LogP contribution in [0.2, 0.25) is 0 Å². The molecule has 0 fully saturated rings. The van der Waals surface area contributed by atoms with Crippen molar-refractivity contribution in [2.45, 2.75) is 11.7 Å². The third-order valence-electron chi connectivity index (χ3n) is 2.26. The highest BCUT2D eigenvalue weighted by Crippen LogP contribution is 2.32. The molecule has 88 valence electrons. The van der Waals surface area contributed by atoms with Crippen LogP contribution >= 0.6 is 0 Å². The number of phenols is 2. The predicted octanol–water partition coefficient (Wildman–Crippen LogP) is -0.00290. The number of benzene rings is 1. The Morgan fingerprint density at radius 3 is 2.50 bits per heavy atom. The van der Waals surface area contributed by atoms with Gasteiger partial charge in [0.1, 0.15) is 11.8 Å². The maximum atomic E-state index is 13.8. The number of alkyl halides is 1. The zero-order valence-corrected chi connectivity index (χ0v) is 8.30. The van der Waals surface area contributed by atoms with Gasteiger partial charge < -0.3 is 25.8 Å². The number of aliphatic hydroxyl groups excluding tert-OH is 1. The number of rotatable bonds is 4. The molecule has 5 N–H and O–H groups in total. The minimum absolute atomic E-state index is 0.0982. The van der Waals surface area contributed by atoms with Crippen LogP contribution < -0.4 is 5.73 Å². The van der Waals surface area contributed by atoms with Crippen LogP contribution in [0.1, 0.15) is 11.7 Å². The zero-order valence-electron chi connectivity index (χ0n) is 8.30. The van der Waals surface area contributed by atoms with E-state index in [1.807, 2.05) is 0 Å². The fourth-order valence-corrected chi connectivity index (χ4v) is 1.19. The summed E-state index contributed by atoms with van der Waals surface area (Å²) in [5, 5.41) is 27.0. The van der Waals surface area contributed by atoms with E-state index in [4.69, 9.17) is 21.1 Å². The summed E-state index contributed by atoms with van der Waals surface area (Å²) in [4.78, 5) is 10.6. The van der Waals surface area contributed by atoms with Crippen molar-refractivity contribution in [1.29, 1.82) is 0 Å². The minimum atomic E-state index is -2.05. The number of aldehydes is 1. The molecule has 0 aliphatic rings. The van der Waals surface area contributed by atoms with Gasteiger partial charge in [-0.15, -0.1) is 0 Å². The van der Waals surface area contributed by atoms with E-state index in [2.05, 4.69) is 0 Å². The van der Waals surface area contributed by atoms with Crippen molar-refractivity contribution in [2.24, 2.45) is 5.73 Å². The van der Waals surface area contributed by atoms with Crippen LogP contribution in [0.5, 0.6) is 11.5 Å². The Labute approximate surface area is 90.9 Å². The molecule has 0 radical (unpaired) electrons. The van der Waals surface area contributed by atoms with Gasteiger partial charge in [-0.2, -0.15) is 0 Å². The van der Waals surface area contributed by atoms with E-state index >= 15 is 0 Å². The second-order valence-electron chi connectivity index (χ2n) is 3.50. The van der Waals surface area contributed by atoms with Crippen LogP contribution in [0, 0.1) is 0 Å². The number of aliphatic hydroxyl groups is 1. The number of aromatic hydroxyl groups is 2. The third kappa shape index (κ3) is 2.12. The Morgan fingerprint density at radius 2 is 2.06 bits per heavy atom. The van der Waals surface area contributed by atoms with E-state index in [9.17, 15) is 9.18 Å². The molecule has 2 atom stereocenters. The first kappa shape index (κ1) is 12.4. The highest BCUT2D eigenvalue weighted by Gasteiger charge is 2.36. The first-order valence-electron chi connectivity index (χ1n) is 4.46. The Hall–Kier alpha value is -1.66. The van der Waals surface area contributed by atoms with Crippen molar-refractivity contribution in [2.75, 3.05) is 6.61 Å². The molecule has 1 aromatic carbocycles. The number of hydrogen-bond acceptors (Lipinski definition) is 5. The van der Waals surface area contributed by atoms with Gasteiger partial charge in [-0.05, 0) is 17.7 Å². The second kappa shape index (κ2) is 4.46. The predicted molar refractivity (Wildman–Crippen MR) is 53.7 cm³/mol. The maximum Gasteiger partial charge on any atom is 0.157 e. The second-order valence-corrected chi connectivity index (χ2v) is 3.50. The van der Waals surface area contributed by atoms with Crippen molar-refractivity contribution in [3.63, 3.8) is 0 Å². The van der Waals surface area contributed by atoms with Crippen LogP contribution in [-0.2, 0) is 4.79 Å². The smallest absolute Gasteiger partial charge is 0.157 e. The Morgan fingerprint density at radius 1 is 1.44 bits per heavy atom. The van der Waals surface area contributed by atoms with Gasteiger partial charge in [-0.3, -0.25) is 0 Å². The van der Waals surface area contributed by atoms with Crippen molar-refractivity contribution >= 4 is 6.29 Å². The van der Waals surface area contributed by atoms with Gasteiger partial charge in [0, 0.05) is 0 Å². The topological polar surface area (TPSA) is 104 Å². The van der Waals surface area contributed by atoms with Crippen molar-refractivity contribution < 1.29 is 24.5 Å².